The number of likely N-dealkylation sites (tertiary alicyclic amines) is 1. The molecule has 1 aliphatic rings. The molecule has 1 radical (unpaired) electrons. The number of carboxylic acid groups (broad SMARTS) is 1. The summed E-state index contributed by atoms with van der Waals surface area (Å²) in [5, 5.41) is 18.8. The van der Waals surface area contributed by atoms with Gasteiger partial charge in [0, 0.05) is 6.54 Å². The van der Waals surface area contributed by atoms with Crippen molar-refractivity contribution < 1.29 is 19.8 Å². The van der Waals surface area contributed by atoms with E-state index >= 15 is 0 Å². The summed E-state index contributed by atoms with van der Waals surface area (Å²) < 4.78 is 0. The molecule has 1 amide bonds. The third-order valence-corrected chi connectivity index (χ3v) is 1.77. The first-order chi connectivity index (χ1) is 5.13. The van der Waals surface area contributed by atoms with Crippen molar-refractivity contribution in [1.29, 1.82) is 0 Å². The molecule has 1 atom stereocenters. The van der Waals surface area contributed by atoms with Crippen LogP contribution in [0.2, 0.25) is 0 Å². The molecule has 61 valence electrons. The highest BCUT2D eigenvalue weighted by Crippen LogP contribution is 2.16. The third kappa shape index (κ3) is 1.42. The van der Waals surface area contributed by atoms with Crippen molar-refractivity contribution in [3.8, 4) is 0 Å². The molecule has 0 aromatic carbocycles. The summed E-state index contributed by atoms with van der Waals surface area (Å²) in [4.78, 5) is 21.5. The summed E-state index contributed by atoms with van der Waals surface area (Å²) >= 11 is 0. The second-order valence-electron chi connectivity index (χ2n) is 2.46. The standard InChI is InChI=1S/C6H8NO4/c8-5(9)4-2-1-3-7(4)6(10)11/h4H,1-3H2,(H,8,9)/t4-/m0/s1. The summed E-state index contributed by atoms with van der Waals surface area (Å²) in [6.45, 7) is 0.277. The molecule has 0 unspecified atom stereocenters. The molecule has 1 rings (SSSR count). The van der Waals surface area contributed by atoms with Crippen molar-refractivity contribution in [1.82, 2.24) is 4.90 Å². The fourth-order valence-electron chi connectivity index (χ4n) is 1.24. The number of nitrogens with zero attached hydrogens (tertiary/aromatic N) is 1. The molecule has 1 aliphatic heterocycles. The van der Waals surface area contributed by atoms with Gasteiger partial charge in [0.05, 0.1) is 0 Å². The Morgan fingerprint density at radius 2 is 2.09 bits per heavy atom. The van der Waals surface area contributed by atoms with E-state index in [-0.39, 0.29) is 6.54 Å². The first kappa shape index (κ1) is 7.84. The molecule has 1 N–H and O–H groups in total. The number of carboxylic acids is 1. The van der Waals surface area contributed by atoms with E-state index in [1.54, 1.807) is 0 Å². The van der Waals surface area contributed by atoms with Crippen LogP contribution in [0.5, 0.6) is 0 Å². The van der Waals surface area contributed by atoms with Crippen LogP contribution in [0, 0.1) is 0 Å². The van der Waals surface area contributed by atoms with Gasteiger partial charge in [0.25, 0.3) is 0 Å². The molecule has 0 bridgehead atoms. The molecule has 11 heavy (non-hydrogen) atoms. The minimum Gasteiger partial charge on any atom is -0.480 e. The SMILES string of the molecule is [O]C(=O)N1CCC[C@H]1C(=O)O. The summed E-state index contributed by atoms with van der Waals surface area (Å²) in [7, 11) is 0. The van der Waals surface area contributed by atoms with Crippen LogP contribution in [-0.2, 0) is 9.90 Å². The van der Waals surface area contributed by atoms with Crippen LogP contribution < -0.4 is 0 Å². The van der Waals surface area contributed by atoms with E-state index in [1.807, 2.05) is 0 Å². The van der Waals surface area contributed by atoms with Crippen LogP contribution in [0.1, 0.15) is 12.8 Å². The largest absolute Gasteiger partial charge is 0.480 e. The zero-order chi connectivity index (χ0) is 8.43. The van der Waals surface area contributed by atoms with Gasteiger partial charge in [-0.25, -0.2) is 14.7 Å². The molecule has 1 heterocycles. The lowest BCUT2D eigenvalue weighted by Crippen LogP contribution is -2.38. The topological polar surface area (TPSA) is 77.5 Å². The van der Waals surface area contributed by atoms with Crippen molar-refractivity contribution in [3.05, 3.63) is 0 Å². The molecule has 0 aromatic rings. The second kappa shape index (κ2) is 2.77. The lowest BCUT2D eigenvalue weighted by atomic mass is 10.2. The Morgan fingerprint density at radius 1 is 1.45 bits per heavy atom. The van der Waals surface area contributed by atoms with Crippen molar-refractivity contribution in [2.45, 2.75) is 18.9 Å². The van der Waals surface area contributed by atoms with Crippen LogP contribution >= 0.6 is 0 Å². The Labute approximate surface area is 63.2 Å². The van der Waals surface area contributed by atoms with Gasteiger partial charge in [-0.3, -0.25) is 4.90 Å². The van der Waals surface area contributed by atoms with Gasteiger partial charge in [0.2, 0.25) is 0 Å². The molecule has 0 spiro atoms. The van der Waals surface area contributed by atoms with Crippen LogP contribution in [-0.4, -0.2) is 34.7 Å². The van der Waals surface area contributed by atoms with E-state index in [0.717, 1.165) is 4.90 Å². The smallest absolute Gasteiger partial charge is 0.453 e. The van der Waals surface area contributed by atoms with Crippen molar-refractivity contribution >= 4 is 12.1 Å². The average molecular weight is 158 g/mol. The summed E-state index contributed by atoms with van der Waals surface area (Å²) in [6.07, 6.45) is -0.399. The van der Waals surface area contributed by atoms with Gasteiger partial charge < -0.3 is 5.11 Å². The highest BCUT2D eigenvalue weighted by molar-refractivity contribution is 5.79. The summed E-state index contributed by atoms with van der Waals surface area (Å²) in [5.41, 5.74) is 0. The quantitative estimate of drug-likeness (QED) is 0.587. The number of hydrogen-bond acceptors (Lipinski definition) is 2. The molecule has 1 fully saturated rings. The molecule has 0 aromatic heterocycles. The van der Waals surface area contributed by atoms with Crippen LogP contribution in [0.25, 0.3) is 0 Å². The van der Waals surface area contributed by atoms with E-state index in [2.05, 4.69) is 0 Å². The van der Waals surface area contributed by atoms with Gasteiger partial charge in [-0.2, -0.15) is 0 Å². The van der Waals surface area contributed by atoms with E-state index < -0.39 is 18.1 Å². The zero-order valence-corrected chi connectivity index (χ0v) is 5.82. The normalized spacial score (nSPS) is 23.6. The fraction of sp³-hybridized carbons (Fsp3) is 0.667. The number of amides is 1. The Morgan fingerprint density at radius 3 is 2.45 bits per heavy atom. The number of aliphatic carboxylic acids is 1. The van der Waals surface area contributed by atoms with Crippen LogP contribution in [0.15, 0.2) is 0 Å². The first-order valence-corrected chi connectivity index (χ1v) is 3.33. The van der Waals surface area contributed by atoms with Gasteiger partial charge in [0.15, 0.2) is 0 Å². The van der Waals surface area contributed by atoms with Crippen molar-refractivity contribution in [2.24, 2.45) is 0 Å². The summed E-state index contributed by atoms with van der Waals surface area (Å²) in [5.74, 6) is -1.09. The Bertz CT molecular complexity index is 171. The second-order valence-corrected chi connectivity index (χ2v) is 2.46. The molecular formula is C6H8NO4. The minimum absolute atomic E-state index is 0.277. The predicted octanol–water partition coefficient (Wildman–Crippen LogP) is 0.0859. The lowest BCUT2D eigenvalue weighted by Gasteiger charge is -2.15. The summed E-state index contributed by atoms with van der Waals surface area (Å²) in [6, 6.07) is -0.889. The van der Waals surface area contributed by atoms with E-state index in [0.29, 0.717) is 12.8 Å². The number of carbonyl (C=O) groups is 2. The van der Waals surface area contributed by atoms with Gasteiger partial charge >= 0.3 is 12.1 Å². The number of hydrogen-bond donors (Lipinski definition) is 1. The van der Waals surface area contributed by atoms with E-state index in [4.69, 9.17) is 5.11 Å². The van der Waals surface area contributed by atoms with Gasteiger partial charge in [-0.1, -0.05) is 0 Å². The van der Waals surface area contributed by atoms with Gasteiger partial charge in [-0.05, 0) is 12.8 Å². The molecule has 0 saturated carbocycles. The molecule has 0 aliphatic carbocycles. The highest BCUT2D eigenvalue weighted by atomic mass is 16.4. The zero-order valence-electron chi connectivity index (χ0n) is 5.82. The molecule has 5 heteroatoms. The maximum absolute atomic E-state index is 10.4. The lowest BCUT2D eigenvalue weighted by molar-refractivity contribution is -0.141. The maximum Gasteiger partial charge on any atom is 0.453 e. The number of carbonyl (C=O) groups excluding carboxylic acids is 1. The van der Waals surface area contributed by atoms with Crippen LogP contribution in [0.4, 0.5) is 4.79 Å². The van der Waals surface area contributed by atoms with E-state index in [9.17, 15) is 14.7 Å². The number of rotatable bonds is 1. The Kier molecular flexibility index (Phi) is 1.98. The minimum atomic E-state index is -1.39. The predicted molar refractivity (Wildman–Crippen MR) is 33.4 cm³/mol. The molecular weight excluding hydrogens is 150 g/mol. The van der Waals surface area contributed by atoms with Crippen LogP contribution in [0.3, 0.4) is 0 Å². The Balaban J connectivity index is 2.65. The monoisotopic (exact) mass is 158 g/mol. The van der Waals surface area contributed by atoms with Gasteiger partial charge in [-0.15, -0.1) is 0 Å². The average Bonchev–Trinajstić information content (AvgIpc) is 2.32. The first-order valence-electron chi connectivity index (χ1n) is 3.33. The van der Waals surface area contributed by atoms with E-state index in [1.165, 1.54) is 0 Å². The Hall–Kier alpha value is -1.26. The van der Waals surface area contributed by atoms with Crippen molar-refractivity contribution in [3.63, 3.8) is 0 Å². The highest BCUT2D eigenvalue weighted by Gasteiger charge is 2.34. The fourth-order valence-corrected chi connectivity index (χ4v) is 1.24. The van der Waals surface area contributed by atoms with Crippen molar-refractivity contribution in [2.75, 3.05) is 6.54 Å². The molecule has 1 saturated heterocycles. The molecule has 5 nitrogen and oxygen atoms in total. The maximum atomic E-state index is 10.4. The van der Waals surface area contributed by atoms with Gasteiger partial charge in [0.1, 0.15) is 6.04 Å². The third-order valence-electron chi connectivity index (χ3n) is 1.77.